The lowest BCUT2D eigenvalue weighted by Crippen LogP contribution is -2.45. The number of unbranched alkanes of at least 4 members (excludes halogenated alkanes) is 13. The van der Waals surface area contributed by atoms with Gasteiger partial charge < -0.3 is 26.7 Å². The normalized spacial score (nSPS) is 11.9. The molecule has 0 unspecified atom stereocenters. The minimum atomic E-state index is -0.615. The van der Waals surface area contributed by atoms with Crippen molar-refractivity contribution in [1.82, 2.24) is 24.8 Å². The number of carbonyl (C=O) groups excluding carboxylic acids is 2. The molecule has 1 aromatic carbocycles. The standard InChI is InChI=1S/C38H62N8O3S/c1-4-7-9-10-11-12-13-14-15-16-17-18-19-20-32(47)42-31(28-50-26-6-3)36(48)41-30-23-21-29(22-24-30)27-46-35-33(43-38(46)49)34(39)44-37(45-35)40-25-8-5-2/h21-24,31H,4-20,25-28H2,1-3H3,(H,41,48)(H,42,47)(H,43,49)(H3,39,40,44,45)/t31-/m0/s1. The second-order valence-corrected chi connectivity index (χ2v) is 14.5. The molecule has 0 aliphatic rings. The van der Waals surface area contributed by atoms with Crippen molar-refractivity contribution in [3.05, 3.63) is 40.3 Å². The van der Waals surface area contributed by atoms with Crippen LogP contribution in [0.25, 0.3) is 11.2 Å². The summed E-state index contributed by atoms with van der Waals surface area (Å²) in [4.78, 5) is 50.5. The van der Waals surface area contributed by atoms with Gasteiger partial charge >= 0.3 is 5.69 Å². The summed E-state index contributed by atoms with van der Waals surface area (Å²) in [5.74, 6) is 1.74. The molecule has 0 bridgehead atoms. The van der Waals surface area contributed by atoms with Crippen LogP contribution in [0.1, 0.15) is 135 Å². The number of aromatic nitrogens is 4. The van der Waals surface area contributed by atoms with Crippen LogP contribution in [0.5, 0.6) is 0 Å². The molecule has 0 saturated heterocycles. The maximum atomic E-state index is 13.3. The molecule has 0 saturated carbocycles. The zero-order valence-electron chi connectivity index (χ0n) is 30.8. The molecule has 0 fully saturated rings. The Hall–Kier alpha value is -3.54. The number of hydrogen-bond acceptors (Lipinski definition) is 8. The lowest BCUT2D eigenvalue weighted by atomic mass is 10.0. The SMILES string of the molecule is CCCCCCCCCCCCCCCC(=O)N[C@@H](CSCCC)C(=O)Nc1ccc(Cn2c(=O)[nH]c3c(N)nc(NCCCC)nc32)cc1. The Morgan fingerprint density at radius 2 is 1.46 bits per heavy atom. The minimum absolute atomic E-state index is 0.0713. The first-order valence-corrected chi connectivity index (χ1v) is 20.3. The van der Waals surface area contributed by atoms with Gasteiger partial charge in [0, 0.05) is 24.4 Å². The molecular weight excluding hydrogens is 649 g/mol. The Bertz CT molecular complexity index is 1470. The van der Waals surface area contributed by atoms with Gasteiger partial charge in [-0.2, -0.15) is 21.7 Å². The number of imidazole rings is 1. The molecule has 3 aromatic rings. The maximum absolute atomic E-state index is 13.3. The topological polar surface area (TPSA) is 160 Å². The summed E-state index contributed by atoms with van der Waals surface area (Å²) >= 11 is 1.67. The molecule has 2 aromatic heterocycles. The van der Waals surface area contributed by atoms with E-state index in [4.69, 9.17) is 5.73 Å². The number of aromatic amines is 1. The highest BCUT2D eigenvalue weighted by atomic mass is 32.2. The van der Waals surface area contributed by atoms with E-state index in [0.717, 1.165) is 49.8 Å². The van der Waals surface area contributed by atoms with Crippen LogP contribution in [-0.4, -0.2) is 55.4 Å². The van der Waals surface area contributed by atoms with Gasteiger partial charge in [0.25, 0.3) is 0 Å². The van der Waals surface area contributed by atoms with Gasteiger partial charge in [-0.3, -0.25) is 14.2 Å². The summed E-state index contributed by atoms with van der Waals surface area (Å²) in [6.45, 7) is 7.45. The van der Waals surface area contributed by atoms with Gasteiger partial charge in [-0.15, -0.1) is 0 Å². The van der Waals surface area contributed by atoms with E-state index in [1.54, 1.807) is 23.9 Å². The second-order valence-electron chi connectivity index (χ2n) is 13.3. The number of hydrogen-bond donors (Lipinski definition) is 5. The van der Waals surface area contributed by atoms with Crippen molar-refractivity contribution in [3.8, 4) is 0 Å². The van der Waals surface area contributed by atoms with Gasteiger partial charge in [0.1, 0.15) is 11.6 Å². The van der Waals surface area contributed by atoms with Crippen molar-refractivity contribution in [2.45, 2.75) is 143 Å². The number of rotatable bonds is 27. The fraction of sp³-hybridized carbons (Fsp3) is 0.658. The molecule has 0 spiro atoms. The number of fused-ring (bicyclic) bond motifs is 1. The van der Waals surface area contributed by atoms with E-state index in [-0.39, 0.29) is 29.9 Å². The zero-order chi connectivity index (χ0) is 36.0. The Labute approximate surface area is 303 Å². The highest BCUT2D eigenvalue weighted by molar-refractivity contribution is 7.99. The van der Waals surface area contributed by atoms with E-state index < -0.39 is 6.04 Å². The van der Waals surface area contributed by atoms with Gasteiger partial charge in [0.15, 0.2) is 11.5 Å². The summed E-state index contributed by atoms with van der Waals surface area (Å²) in [5, 5.41) is 9.13. The quantitative estimate of drug-likeness (QED) is 0.0498. The number of amides is 2. The second kappa shape index (κ2) is 23.8. The van der Waals surface area contributed by atoms with Gasteiger partial charge in [-0.05, 0) is 42.7 Å². The van der Waals surface area contributed by atoms with Crippen LogP contribution >= 0.6 is 11.8 Å². The number of nitrogens with one attached hydrogen (secondary N) is 4. The van der Waals surface area contributed by atoms with Crippen molar-refractivity contribution in [1.29, 1.82) is 0 Å². The van der Waals surface area contributed by atoms with E-state index in [1.165, 1.54) is 68.8 Å². The molecule has 2 heterocycles. The van der Waals surface area contributed by atoms with Gasteiger partial charge in [-0.1, -0.05) is 116 Å². The number of anilines is 3. The molecule has 0 aliphatic heterocycles. The molecule has 0 aliphatic carbocycles. The van der Waals surface area contributed by atoms with Crippen LogP contribution in [0.4, 0.5) is 17.5 Å². The van der Waals surface area contributed by atoms with E-state index in [1.807, 2.05) is 12.1 Å². The average Bonchev–Trinajstić information content (AvgIpc) is 3.42. The first-order valence-electron chi connectivity index (χ1n) is 19.1. The number of H-pyrrole nitrogens is 1. The number of nitrogen functional groups attached to an aromatic ring is 1. The lowest BCUT2D eigenvalue weighted by molar-refractivity contribution is -0.126. The first kappa shape index (κ1) is 40.9. The molecule has 12 heteroatoms. The van der Waals surface area contributed by atoms with Crippen LogP contribution in [0.3, 0.4) is 0 Å². The summed E-state index contributed by atoms with van der Waals surface area (Å²) in [7, 11) is 0. The predicted octanol–water partition coefficient (Wildman–Crippen LogP) is 8.01. The molecule has 3 rings (SSSR count). The average molecular weight is 711 g/mol. The smallest absolute Gasteiger partial charge is 0.328 e. The third-order valence-electron chi connectivity index (χ3n) is 8.82. The molecule has 278 valence electrons. The van der Waals surface area contributed by atoms with E-state index in [0.29, 0.717) is 41.5 Å². The van der Waals surface area contributed by atoms with E-state index >= 15 is 0 Å². The van der Waals surface area contributed by atoms with Crippen LogP contribution in [0.15, 0.2) is 29.1 Å². The Balaban J connectivity index is 1.46. The van der Waals surface area contributed by atoms with Gasteiger partial charge in [0.05, 0.1) is 6.54 Å². The number of benzene rings is 1. The number of nitrogens with zero attached hydrogens (tertiary/aromatic N) is 3. The Kier molecular flexibility index (Phi) is 19.5. The molecule has 11 nitrogen and oxygen atoms in total. The fourth-order valence-electron chi connectivity index (χ4n) is 5.86. The Morgan fingerprint density at radius 3 is 2.08 bits per heavy atom. The highest BCUT2D eigenvalue weighted by Gasteiger charge is 2.21. The first-order chi connectivity index (χ1) is 24.4. The van der Waals surface area contributed by atoms with Crippen LogP contribution in [0, 0.1) is 0 Å². The minimum Gasteiger partial charge on any atom is -0.382 e. The predicted molar refractivity (Wildman–Crippen MR) is 210 cm³/mol. The molecule has 0 radical (unpaired) electrons. The monoisotopic (exact) mass is 710 g/mol. The van der Waals surface area contributed by atoms with E-state index in [2.05, 4.69) is 51.7 Å². The number of nitrogens with two attached hydrogens (primary N) is 1. The summed E-state index contributed by atoms with van der Waals surface area (Å²) in [6, 6.07) is 6.72. The number of thioether (sulfide) groups is 1. The van der Waals surface area contributed by atoms with Crippen LogP contribution < -0.4 is 27.4 Å². The van der Waals surface area contributed by atoms with Crippen molar-refractivity contribution in [3.63, 3.8) is 0 Å². The molecule has 1 atom stereocenters. The number of carbonyl (C=O) groups is 2. The fourth-order valence-corrected chi connectivity index (χ4v) is 6.78. The summed E-state index contributed by atoms with van der Waals surface area (Å²) in [6.07, 6.45) is 19.8. The summed E-state index contributed by atoms with van der Waals surface area (Å²) in [5.41, 5.74) is 8.11. The third kappa shape index (κ3) is 14.7. The highest BCUT2D eigenvalue weighted by Crippen LogP contribution is 2.19. The lowest BCUT2D eigenvalue weighted by Gasteiger charge is -2.18. The zero-order valence-corrected chi connectivity index (χ0v) is 31.6. The molecular formula is C38H62N8O3S. The molecule has 2 amide bonds. The van der Waals surface area contributed by atoms with Gasteiger partial charge in [-0.25, -0.2) is 4.79 Å². The molecule has 6 N–H and O–H groups in total. The van der Waals surface area contributed by atoms with Crippen molar-refractivity contribution >= 4 is 52.2 Å². The van der Waals surface area contributed by atoms with Crippen molar-refractivity contribution in [2.24, 2.45) is 0 Å². The summed E-state index contributed by atoms with van der Waals surface area (Å²) < 4.78 is 1.53. The largest absolute Gasteiger partial charge is 0.382 e. The maximum Gasteiger partial charge on any atom is 0.328 e. The van der Waals surface area contributed by atoms with E-state index in [9.17, 15) is 14.4 Å². The van der Waals surface area contributed by atoms with Crippen molar-refractivity contribution < 1.29 is 9.59 Å². The third-order valence-corrected chi connectivity index (χ3v) is 10.1. The molecule has 50 heavy (non-hydrogen) atoms. The van der Waals surface area contributed by atoms with Crippen LogP contribution in [0.2, 0.25) is 0 Å². The van der Waals surface area contributed by atoms with Gasteiger partial charge in [0.2, 0.25) is 17.8 Å². The van der Waals surface area contributed by atoms with Crippen molar-refractivity contribution in [2.75, 3.05) is 34.4 Å². The Morgan fingerprint density at radius 1 is 0.840 bits per heavy atom. The van der Waals surface area contributed by atoms with Crippen LogP contribution in [-0.2, 0) is 16.1 Å².